The van der Waals surface area contributed by atoms with Crippen LogP contribution in [0.4, 0.5) is 0 Å². The molecule has 1 aliphatic rings. The van der Waals surface area contributed by atoms with Crippen LogP contribution in [0.1, 0.15) is 27.8 Å². The van der Waals surface area contributed by atoms with Gasteiger partial charge in [-0.15, -0.1) is 0 Å². The minimum Gasteiger partial charge on any atom is -0.347 e. The number of rotatable bonds is 4. The van der Waals surface area contributed by atoms with E-state index in [1.54, 1.807) is 47.0 Å². The number of carbonyl (C=O) groups is 2. The molecule has 0 radical (unpaired) electrons. The average Bonchev–Trinajstić information content (AvgIpc) is 3.07. The summed E-state index contributed by atoms with van der Waals surface area (Å²) in [5.74, 6) is -0.284. The van der Waals surface area contributed by atoms with Crippen molar-refractivity contribution in [2.45, 2.75) is 11.8 Å². The van der Waals surface area contributed by atoms with Gasteiger partial charge in [0, 0.05) is 45.0 Å². The summed E-state index contributed by atoms with van der Waals surface area (Å²) < 4.78 is 28.8. The van der Waals surface area contributed by atoms with Crippen LogP contribution in [0.2, 0.25) is 0 Å². The summed E-state index contributed by atoms with van der Waals surface area (Å²) >= 11 is 0. The highest BCUT2D eigenvalue weighted by molar-refractivity contribution is 7.89. The van der Waals surface area contributed by atoms with Crippen molar-refractivity contribution in [1.29, 1.82) is 0 Å². The molecule has 2 heterocycles. The van der Waals surface area contributed by atoms with Crippen molar-refractivity contribution in [3.63, 3.8) is 0 Å². The number of Topliss-reactive ketones (excluding diaryl/α,β-unsaturated/α-hetero) is 1. The van der Waals surface area contributed by atoms with Crippen LogP contribution in [0.15, 0.2) is 47.5 Å². The molecule has 8 heteroatoms. The third-order valence-electron chi connectivity index (χ3n) is 4.57. The van der Waals surface area contributed by atoms with Crippen molar-refractivity contribution in [3.8, 4) is 0 Å². The molecule has 1 aromatic carbocycles. The van der Waals surface area contributed by atoms with Crippen LogP contribution >= 0.6 is 0 Å². The Morgan fingerprint density at radius 2 is 1.69 bits per heavy atom. The second-order valence-corrected chi connectivity index (χ2v) is 8.22. The fraction of sp³-hybridized carbons (Fsp3) is 0.333. The third-order valence-corrected chi connectivity index (χ3v) is 6.46. The van der Waals surface area contributed by atoms with Crippen LogP contribution in [0.5, 0.6) is 0 Å². The van der Waals surface area contributed by atoms with E-state index in [0.717, 1.165) is 0 Å². The first-order valence-corrected chi connectivity index (χ1v) is 9.76. The highest BCUT2D eigenvalue weighted by Crippen LogP contribution is 2.20. The molecule has 3 rings (SSSR count). The summed E-state index contributed by atoms with van der Waals surface area (Å²) in [5.41, 5.74) is 0.944. The number of piperazine rings is 1. The van der Waals surface area contributed by atoms with E-state index < -0.39 is 10.0 Å². The van der Waals surface area contributed by atoms with Crippen LogP contribution in [-0.4, -0.2) is 60.1 Å². The fourth-order valence-electron chi connectivity index (χ4n) is 3.00. The van der Waals surface area contributed by atoms with Crippen molar-refractivity contribution >= 4 is 21.7 Å². The number of aromatic nitrogens is 1. The lowest BCUT2D eigenvalue weighted by Crippen LogP contribution is -2.50. The van der Waals surface area contributed by atoms with Gasteiger partial charge >= 0.3 is 0 Å². The fourth-order valence-corrected chi connectivity index (χ4v) is 4.47. The normalized spacial score (nSPS) is 15.8. The van der Waals surface area contributed by atoms with Crippen LogP contribution in [-0.2, 0) is 17.1 Å². The number of hydrogen-bond acceptors (Lipinski definition) is 4. The molecule has 7 nitrogen and oxygen atoms in total. The lowest BCUT2D eigenvalue weighted by Gasteiger charge is -2.34. The summed E-state index contributed by atoms with van der Waals surface area (Å²) in [4.78, 5) is 25.8. The Kier molecular flexibility index (Phi) is 4.97. The summed E-state index contributed by atoms with van der Waals surface area (Å²) in [6.45, 7) is 2.51. The molecule has 1 saturated heterocycles. The number of nitrogens with zero attached hydrogens (tertiary/aromatic N) is 3. The second-order valence-electron chi connectivity index (χ2n) is 6.28. The Labute approximate surface area is 152 Å². The summed E-state index contributed by atoms with van der Waals surface area (Å²) in [5, 5.41) is 0. The maximum Gasteiger partial charge on any atom is 0.270 e. The molecular formula is C18H21N3O4S. The molecule has 1 aliphatic heterocycles. The molecule has 0 N–H and O–H groups in total. The first-order valence-electron chi connectivity index (χ1n) is 8.32. The quantitative estimate of drug-likeness (QED) is 0.756. The van der Waals surface area contributed by atoms with E-state index >= 15 is 0 Å². The zero-order valence-electron chi connectivity index (χ0n) is 14.8. The SMILES string of the molecule is CC(=O)c1cccc(S(=O)(=O)N2CCN(C(=O)c3cccn3C)CC2)c1. The van der Waals surface area contributed by atoms with Gasteiger partial charge in [-0.1, -0.05) is 12.1 Å². The number of amides is 1. The largest absolute Gasteiger partial charge is 0.347 e. The molecule has 0 spiro atoms. The van der Waals surface area contributed by atoms with E-state index in [2.05, 4.69) is 0 Å². The Morgan fingerprint density at radius 3 is 2.27 bits per heavy atom. The smallest absolute Gasteiger partial charge is 0.270 e. The lowest BCUT2D eigenvalue weighted by atomic mass is 10.2. The molecule has 0 atom stereocenters. The Morgan fingerprint density at radius 1 is 1.00 bits per heavy atom. The van der Waals surface area contributed by atoms with Crippen LogP contribution < -0.4 is 0 Å². The highest BCUT2D eigenvalue weighted by atomic mass is 32.2. The molecule has 0 bridgehead atoms. The number of sulfonamides is 1. The van der Waals surface area contributed by atoms with Gasteiger partial charge in [0.15, 0.2) is 5.78 Å². The Bertz CT molecular complexity index is 941. The van der Waals surface area contributed by atoms with E-state index in [-0.39, 0.29) is 29.7 Å². The first-order chi connectivity index (χ1) is 12.3. The zero-order valence-corrected chi connectivity index (χ0v) is 15.6. The number of aryl methyl sites for hydroxylation is 1. The van der Waals surface area contributed by atoms with E-state index in [9.17, 15) is 18.0 Å². The third kappa shape index (κ3) is 3.42. The molecule has 0 aliphatic carbocycles. The zero-order chi connectivity index (χ0) is 18.9. The van der Waals surface area contributed by atoms with Gasteiger partial charge < -0.3 is 9.47 Å². The number of hydrogen-bond donors (Lipinski definition) is 0. The number of benzene rings is 1. The van der Waals surface area contributed by atoms with Crippen LogP contribution in [0.25, 0.3) is 0 Å². The van der Waals surface area contributed by atoms with E-state index in [1.165, 1.54) is 23.4 Å². The van der Waals surface area contributed by atoms with E-state index in [0.29, 0.717) is 24.3 Å². The van der Waals surface area contributed by atoms with Crippen molar-refractivity contribution in [3.05, 3.63) is 53.9 Å². The average molecular weight is 375 g/mol. The molecule has 2 aromatic rings. The molecule has 0 saturated carbocycles. The minimum absolute atomic E-state index is 0.104. The maximum atomic E-state index is 12.8. The predicted molar refractivity (Wildman–Crippen MR) is 96.5 cm³/mol. The number of ketones is 1. The standard InChI is InChI=1S/C18H21N3O4S/c1-14(22)15-5-3-6-16(13-15)26(24,25)21-11-9-20(10-12-21)18(23)17-7-4-8-19(17)2/h3-8,13H,9-12H2,1-2H3. The van der Waals surface area contributed by atoms with Crippen LogP contribution in [0, 0.1) is 0 Å². The second kappa shape index (κ2) is 7.05. The van der Waals surface area contributed by atoms with Crippen molar-refractivity contribution in [1.82, 2.24) is 13.8 Å². The minimum atomic E-state index is -3.69. The molecule has 1 fully saturated rings. The lowest BCUT2D eigenvalue weighted by molar-refractivity contribution is 0.0688. The van der Waals surface area contributed by atoms with Gasteiger partial charge in [-0.2, -0.15) is 4.31 Å². The molecule has 1 aromatic heterocycles. The van der Waals surface area contributed by atoms with Gasteiger partial charge in [-0.05, 0) is 31.2 Å². The first kappa shape index (κ1) is 18.3. The highest BCUT2D eigenvalue weighted by Gasteiger charge is 2.31. The van der Waals surface area contributed by atoms with Crippen molar-refractivity contribution in [2.24, 2.45) is 7.05 Å². The molecule has 1 amide bonds. The van der Waals surface area contributed by atoms with Crippen molar-refractivity contribution in [2.75, 3.05) is 26.2 Å². The van der Waals surface area contributed by atoms with Gasteiger partial charge in [-0.3, -0.25) is 9.59 Å². The summed E-state index contributed by atoms with van der Waals surface area (Å²) in [6.07, 6.45) is 1.80. The van der Waals surface area contributed by atoms with E-state index in [1.807, 2.05) is 0 Å². The molecule has 26 heavy (non-hydrogen) atoms. The Hall–Kier alpha value is -2.45. The number of carbonyl (C=O) groups excluding carboxylic acids is 2. The molecule has 138 valence electrons. The predicted octanol–water partition coefficient (Wildman–Crippen LogP) is 1.37. The maximum absolute atomic E-state index is 12.8. The molecular weight excluding hydrogens is 354 g/mol. The summed E-state index contributed by atoms with van der Waals surface area (Å²) in [7, 11) is -1.89. The monoisotopic (exact) mass is 375 g/mol. The van der Waals surface area contributed by atoms with Gasteiger partial charge in [0.1, 0.15) is 5.69 Å². The van der Waals surface area contributed by atoms with E-state index in [4.69, 9.17) is 0 Å². The van der Waals surface area contributed by atoms with Crippen LogP contribution in [0.3, 0.4) is 0 Å². The Balaban J connectivity index is 1.73. The molecule has 0 unspecified atom stereocenters. The van der Waals surface area contributed by atoms with Gasteiger partial charge in [-0.25, -0.2) is 8.42 Å². The van der Waals surface area contributed by atoms with Gasteiger partial charge in [0.25, 0.3) is 5.91 Å². The van der Waals surface area contributed by atoms with Gasteiger partial charge in [0.05, 0.1) is 4.90 Å². The topological polar surface area (TPSA) is 79.7 Å². The van der Waals surface area contributed by atoms with Gasteiger partial charge in [0.2, 0.25) is 10.0 Å². The summed E-state index contributed by atoms with van der Waals surface area (Å²) in [6, 6.07) is 9.60. The van der Waals surface area contributed by atoms with Crippen molar-refractivity contribution < 1.29 is 18.0 Å².